The summed E-state index contributed by atoms with van der Waals surface area (Å²) in [5.41, 5.74) is 0. The van der Waals surface area contributed by atoms with Gasteiger partial charge in [-0.25, -0.2) is 0 Å². The molecule has 0 aliphatic carbocycles. The van der Waals surface area contributed by atoms with Crippen molar-refractivity contribution in [2.75, 3.05) is 47.5 Å². The van der Waals surface area contributed by atoms with Gasteiger partial charge in [0.2, 0.25) is 0 Å². The van der Waals surface area contributed by atoms with Crippen molar-refractivity contribution in [3.05, 3.63) is 12.2 Å². The van der Waals surface area contributed by atoms with Crippen molar-refractivity contribution in [1.82, 2.24) is 0 Å². The molecule has 93 heavy (non-hydrogen) atoms. The molecule has 0 fully saturated rings. The van der Waals surface area contributed by atoms with E-state index in [0.29, 0.717) is 17.4 Å². The van der Waals surface area contributed by atoms with Gasteiger partial charge < -0.3 is 33.3 Å². The van der Waals surface area contributed by atoms with Crippen LogP contribution in [0.4, 0.5) is 0 Å². The third-order valence-electron chi connectivity index (χ3n) is 19.5. The molecule has 0 bridgehead atoms. The minimum atomic E-state index is -1.62. The lowest BCUT2D eigenvalue weighted by atomic mass is 10.0. The molecule has 0 aromatic heterocycles. The molecule has 0 aliphatic rings. The maximum atomic E-state index is 13.0. The van der Waals surface area contributed by atoms with Crippen molar-refractivity contribution in [1.29, 1.82) is 0 Å². The highest BCUT2D eigenvalue weighted by Crippen LogP contribution is 2.21. The Balaban J connectivity index is 3.92. The van der Waals surface area contributed by atoms with Crippen LogP contribution in [0.25, 0.3) is 0 Å². The van der Waals surface area contributed by atoms with E-state index in [1.807, 2.05) is 21.1 Å². The summed E-state index contributed by atoms with van der Waals surface area (Å²) in [7, 11) is 5.96. The van der Waals surface area contributed by atoms with E-state index in [2.05, 4.69) is 26.0 Å². The van der Waals surface area contributed by atoms with Gasteiger partial charge in [-0.05, 0) is 38.5 Å². The number of quaternary nitrogens is 1. The number of carbonyl (C=O) groups excluding carboxylic acids is 3. The van der Waals surface area contributed by atoms with Crippen LogP contribution < -0.4 is 5.11 Å². The van der Waals surface area contributed by atoms with Crippen molar-refractivity contribution in [2.24, 2.45) is 0 Å². The molecule has 552 valence electrons. The summed E-state index contributed by atoms with van der Waals surface area (Å²) in [5, 5.41) is 11.9. The lowest BCUT2D eigenvalue weighted by Gasteiger charge is -2.26. The first-order valence-corrected chi connectivity index (χ1v) is 41.8. The second kappa shape index (κ2) is 75.8. The Kier molecular flexibility index (Phi) is 74.2. The molecule has 2 atom stereocenters. The van der Waals surface area contributed by atoms with Crippen LogP contribution in [-0.4, -0.2) is 82.3 Å². The van der Waals surface area contributed by atoms with Crippen molar-refractivity contribution < 1.29 is 42.9 Å². The molecule has 0 aromatic carbocycles. The Morgan fingerprint density at radius 1 is 0.312 bits per heavy atom. The topological polar surface area (TPSA) is 111 Å². The fourth-order valence-corrected chi connectivity index (χ4v) is 13.1. The maximum absolute atomic E-state index is 13.0. The van der Waals surface area contributed by atoms with E-state index in [1.165, 1.54) is 385 Å². The molecule has 0 amide bonds. The Morgan fingerprint density at radius 2 is 0.548 bits per heavy atom. The van der Waals surface area contributed by atoms with Gasteiger partial charge in [0.1, 0.15) is 13.2 Å². The van der Waals surface area contributed by atoms with E-state index in [9.17, 15) is 19.5 Å². The molecule has 0 N–H and O–H groups in total. The third kappa shape index (κ3) is 77.3. The number of esters is 2. The van der Waals surface area contributed by atoms with Crippen molar-refractivity contribution in [3.8, 4) is 0 Å². The Morgan fingerprint density at radius 3 is 0.796 bits per heavy atom. The summed E-state index contributed by atoms with van der Waals surface area (Å²) >= 11 is 0. The number of unbranched alkanes of at least 4 members (excludes halogenated alkanes) is 63. The zero-order valence-corrected chi connectivity index (χ0v) is 63.4. The van der Waals surface area contributed by atoms with Gasteiger partial charge in [-0.3, -0.25) is 9.59 Å². The molecule has 0 aromatic rings. The van der Waals surface area contributed by atoms with Gasteiger partial charge in [-0.1, -0.05) is 411 Å². The van der Waals surface area contributed by atoms with E-state index >= 15 is 0 Å². The van der Waals surface area contributed by atoms with Crippen molar-refractivity contribution >= 4 is 17.9 Å². The summed E-state index contributed by atoms with van der Waals surface area (Å²) in [6.45, 7) is 4.85. The summed E-state index contributed by atoms with van der Waals surface area (Å²) in [4.78, 5) is 37.6. The molecular weight excluding hydrogens is 1150 g/mol. The van der Waals surface area contributed by atoms with Gasteiger partial charge >= 0.3 is 11.9 Å². The van der Waals surface area contributed by atoms with E-state index in [4.69, 9.17) is 18.9 Å². The van der Waals surface area contributed by atoms with Crippen molar-refractivity contribution in [2.45, 2.75) is 463 Å². The second-order valence-corrected chi connectivity index (χ2v) is 30.1. The monoisotopic (exact) mass is 1310 g/mol. The minimum Gasteiger partial charge on any atom is -0.545 e. The molecule has 0 saturated carbocycles. The number of hydrogen-bond donors (Lipinski definition) is 0. The van der Waals surface area contributed by atoms with Gasteiger partial charge in [-0.15, -0.1) is 0 Å². The first kappa shape index (κ1) is 91.0. The highest BCUT2D eigenvalue weighted by molar-refractivity contribution is 5.70. The number of rotatable bonds is 80. The number of carboxylic acid groups (broad SMARTS) is 1. The number of carbonyl (C=O) groups is 3. The van der Waals surface area contributed by atoms with E-state index in [-0.39, 0.29) is 32.2 Å². The Hall–Kier alpha value is -1.97. The molecule has 9 heteroatoms. The SMILES string of the molecule is CCCCCCCCCC/C=C\CCCCCCCCCCCCCCCCCCCCCC(=O)OC(COC(=O)CCCCCCCCCCCCCCCCCCCCCCCCCCCCCCCCCCCCCCC)COC(OCC[N+](C)(C)C)C(=O)[O-]. The smallest absolute Gasteiger partial charge is 0.306 e. The normalized spacial score (nSPS) is 12.6. The summed E-state index contributed by atoms with van der Waals surface area (Å²) in [6.07, 6.45) is 92.2. The zero-order chi connectivity index (χ0) is 67.5. The first-order valence-electron chi connectivity index (χ1n) is 41.8. The Bertz CT molecular complexity index is 1530. The largest absolute Gasteiger partial charge is 0.545 e. The lowest BCUT2D eigenvalue weighted by Crippen LogP contribution is -2.44. The van der Waals surface area contributed by atoms with Crippen molar-refractivity contribution in [3.63, 3.8) is 0 Å². The predicted octanol–water partition coefficient (Wildman–Crippen LogP) is 25.4. The predicted molar refractivity (Wildman–Crippen MR) is 399 cm³/mol. The molecule has 0 rings (SSSR count). The van der Waals surface area contributed by atoms with Crippen LogP contribution in [0.2, 0.25) is 0 Å². The average molecular weight is 1320 g/mol. The first-order chi connectivity index (χ1) is 45.6. The third-order valence-corrected chi connectivity index (χ3v) is 19.5. The number of aliphatic carboxylic acids is 1. The maximum Gasteiger partial charge on any atom is 0.306 e. The number of nitrogens with zero attached hydrogens (tertiary/aromatic N) is 1. The fourth-order valence-electron chi connectivity index (χ4n) is 13.1. The molecule has 0 radical (unpaired) electrons. The molecule has 0 aliphatic heterocycles. The number of likely N-dealkylation sites (N-methyl/N-ethyl adjacent to an activating group) is 1. The summed E-state index contributed by atoms with van der Waals surface area (Å²) in [5.74, 6) is -2.24. The van der Waals surface area contributed by atoms with Crippen LogP contribution in [0.3, 0.4) is 0 Å². The summed E-state index contributed by atoms with van der Waals surface area (Å²) in [6, 6.07) is 0. The molecular formula is C84H163NO8. The Labute approximate surface area is 580 Å². The number of carboxylic acids is 1. The number of allylic oxidation sites excluding steroid dienone is 2. The van der Waals surface area contributed by atoms with E-state index < -0.39 is 24.3 Å². The van der Waals surface area contributed by atoms with E-state index in [1.54, 1.807) is 0 Å². The standard InChI is InChI=1S/C84H163NO8/c1-6-8-10-12-14-16-18-20-22-24-26-28-30-32-34-36-38-39-40-41-42-43-45-46-48-50-52-54-56-58-60-62-64-66-68-70-72-74-81(86)91-78-80(79-92-84(83(88)89)90-77-76-85(3,4)5)93-82(87)75-73-71-69-67-65-63-61-59-57-55-53-51-49-47-44-37-35-33-31-29-27-25-23-21-19-17-15-13-11-9-7-2/h25,27,80,84H,6-24,26,28-79H2,1-5H3/b27-25-. The van der Waals surface area contributed by atoms with Gasteiger partial charge in [0, 0.05) is 12.8 Å². The fraction of sp³-hybridized carbons (Fsp3) is 0.940. The minimum absolute atomic E-state index is 0.153. The second-order valence-electron chi connectivity index (χ2n) is 30.1. The highest BCUT2D eigenvalue weighted by atomic mass is 16.7. The molecule has 0 heterocycles. The summed E-state index contributed by atoms with van der Waals surface area (Å²) < 4.78 is 22.9. The zero-order valence-electron chi connectivity index (χ0n) is 63.4. The molecule has 0 spiro atoms. The van der Waals surface area contributed by atoms with Crippen LogP contribution in [0.15, 0.2) is 12.2 Å². The van der Waals surface area contributed by atoms with Crippen LogP contribution in [0, 0.1) is 0 Å². The molecule has 2 unspecified atom stereocenters. The van der Waals surface area contributed by atoms with Crippen LogP contribution in [0.5, 0.6) is 0 Å². The number of hydrogen-bond acceptors (Lipinski definition) is 8. The van der Waals surface area contributed by atoms with Gasteiger partial charge in [0.25, 0.3) is 0 Å². The quantitative estimate of drug-likeness (QED) is 0.0195. The van der Waals surface area contributed by atoms with Gasteiger partial charge in [0.15, 0.2) is 12.4 Å². The highest BCUT2D eigenvalue weighted by Gasteiger charge is 2.22. The molecule has 0 saturated heterocycles. The van der Waals surface area contributed by atoms with Crippen LogP contribution in [0.1, 0.15) is 450 Å². The van der Waals surface area contributed by atoms with Crippen LogP contribution >= 0.6 is 0 Å². The molecule has 9 nitrogen and oxygen atoms in total. The van der Waals surface area contributed by atoms with Gasteiger partial charge in [0.05, 0.1) is 40.3 Å². The number of ether oxygens (including phenoxy) is 4. The van der Waals surface area contributed by atoms with E-state index in [0.717, 1.165) is 38.5 Å². The van der Waals surface area contributed by atoms with Crippen LogP contribution in [-0.2, 0) is 33.3 Å². The van der Waals surface area contributed by atoms with Gasteiger partial charge in [-0.2, -0.15) is 0 Å². The average Bonchev–Trinajstić information content (AvgIpc) is 3.38. The lowest BCUT2D eigenvalue weighted by molar-refractivity contribution is -0.870.